The molecule has 3 nitrogen and oxygen atoms in total. The number of ether oxygens (including phenoxy) is 1. The molecule has 0 spiro atoms. The highest BCUT2D eigenvalue weighted by atomic mass is 32.1. The van der Waals surface area contributed by atoms with E-state index in [1.54, 1.807) is 11.3 Å². The molecule has 156 valence electrons. The van der Waals surface area contributed by atoms with Crippen molar-refractivity contribution in [1.82, 2.24) is 0 Å². The average Bonchev–Trinajstić information content (AvgIpc) is 2.96. The summed E-state index contributed by atoms with van der Waals surface area (Å²) in [5, 5.41) is 10.1. The zero-order chi connectivity index (χ0) is 21.4. The molecule has 1 N–H and O–H groups in total. The zero-order valence-electron chi connectivity index (χ0n) is 18.3. The van der Waals surface area contributed by atoms with Crippen molar-refractivity contribution in [3.05, 3.63) is 52.4 Å². The first kappa shape index (κ1) is 21.8. The van der Waals surface area contributed by atoms with E-state index in [4.69, 9.17) is 4.74 Å². The Labute approximate surface area is 178 Å². The lowest BCUT2D eigenvalue weighted by molar-refractivity contribution is -0.160. The van der Waals surface area contributed by atoms with Gasteiger partial charge in [-0.05, 0) is 63.5 Å². The van der Waals surface area contributed by atoms with E-state index in [9.17, 15) is 9.90 Å². The average molecular weight is 413 g/mol. The zero-order valence-corrected chi connectivity index (χ0v) is 19.2. The molecule has 0 bridgehead atoms. The second-order valence-electron chi connectivity index (χ2n) is 9.69. The maximum absolute atomic E-state index is 12.3. The number of hydrogen-bond donors (Lipinski definition) is 1. The van der Waals surface area contributed by atoms with Crippen LogP contribution in [0.1, 0.15) is 76.0 Å². The summed E-state index contributed by atoms with van der Waals surface area (Å²) in [4.78, 5) is 14.4. The van der Waals surface area contributed by atoms with E-state index in [0.717, 1.165) is 45.7 Å². The lowest BCUT2D eigenvalue weighted by atomic mass is 9.76. The summed E-state index contributed by atoms with van der Waals surface area (Å²) in [6, 6.07) is 10.3. The Hall–Kier alpha value is -1.91. The molecule has 1 aromatic carbocycles. The molecule has 29 heavy (non-hydrogen) atoms. The number of carboxylic acids is 1. The molecule has 0 saturated carbocycles. The smallest absolute Gasteiger partial charge is 0.337 e. The number of benzene rings is 1. The van der Waals surface area contributed by atoms with Crippen LogP contribution in [0.25, 0.3) is 16.0 Å². The number of carbonyl (C=O) groups is 1. The molecule has 1 unspecified atom stereocenters. The van der Waals surface area contributed by atoms with Gasteiger partial charge in [0.15, 0.2) is 6.10 Å². The van der Waals surface area contributed by atoms with Crippen LogP contribution in [0.15, 0.2) is 36.4 Å². The molecule has 0 radical (unpaired) electrons. The third-order valence-electron chi connectivity index (χ3n) is 5.42. The van der Waals surface area contributed by atoms with Gasteiger partial charge in [-0.25, -0.2) is 4.79 Å². The van der Waals surface area contributed by atoms with Gasteiger partial charge in [-0.15, -0.1) is 11.3 Å². The summed E-state index contributed by atoms with van der Waals surface area (Å²) >= 11 is 1.68. The minimum atomic E-state index is -0.977. The maximum Gasteiger partial charge on any atom is 0.337 e. The molecule has 1 heterocycles. The van der Waals surface area contributed by atoms with Crippen LogP contribution in [0.4, 0.5) is 0 Å². The molecule has 1 atom stereocenters. The highest BCUT2D eigenvalue weighted by molar-refractivity contribution is 7.16. The third-order valence-corrected chi connectivity index (χ3v) is 6.59. The molecule has 4 heteroatoms. The SMILES string of the molecule is Cc1sc(-c2ccccc2)c(C2=CCC(C)(C)CC2)c1C(OC(C)(C)C)C(=O)O. The van der Waals surface area contributed by atoms with Gasteiger partial charge in [0.1, 0.15) is 0 Å². The van der Waals surface area contributed by atoms with Crippen molar-refractivity contribution in [3.8, 4) is 10.4 Å². The summed E-state index contributed by atoms with van der Waals surface area (Å²) in [6.07, 6.45) is 4.39. The van der Waals surface area contributed by atoms with Crippen molar-refractivity contribution < 1.29 is 14.6 Å². The molecule has 1 aliphatic rings. The van der Waals surface area contributed by atoms with E-state index < -0.39 is 17.7 Å². The largest absolute Gasteiger partial charge is 0.479 e. The standard InChI is InChI=1S/C25H32O3S/c1-16-19(21(23(26)27)28-24(2,3)4)20(17-12-14-25(5,6)15-13-17)22(29-16)18-10-8-7-9-11-18/h7-12,21H,13-15H2,1-6H3,(H,26,27). The number of thiophene rings is 1. The number of carboxylic acid groups (broad SMARTS) is 1. The van der Waals surface area contributed by atoms with Crippen LogP contribution in [0.2, 0.25) is 0 Å². The first-order valence-corrected chi connectivity index (χ1v) is 11.1. The van der Waals surface area contributed by atoms with Gasteiger partial charge in [0.2, 0.25) is 0 Å². The van der Waals surface area contributed by atoms with Gasteiger partial charge in [-0.2, -0.15) is 0 Å². The lowest BCUT2D eigenvalue weighted by Gasteiger charge is -2.30. The Morgan fingerprint density at radius 3 is 2.38 bits per heavy atom. The fraction of sp³-hybridized carbons (Fsp3) is 0.480. The Bertz CT molecular complexity index is 914. The van der Waals surface area contributed by atoms with E-state index in [1.807, 2.05) is 45.9 Å². The lowest BCUT2D eigenvalue weighted by Crippen LogP contribution is -2.28. The van der Waals surface area contributed by atoms with Crippen molar-refractivity contribution in [2.45, 2.75) is 72.5 Å². The summed E-state index contributed by atoms with van der Waals surface area (Å²) < 4.78 is 6.07. The molecule has 0 saturated heterocycles. The van der Waals surface area contributed by atoms with Gasteiger partial charge in [0, 0.05) is 20.9 Å². The molecule has 1 aliphatic carbocycles. The molecule has 0 fully saturated rings. The summed E-state index contributed by atoms with van der Waals surface area (Å²) in [5.41, 5.74) is 4.02. The molecule has 0 aliphatic heterocycles. The number of rotatable bonds is 5. The highest BCUT2D eigenvalue weighted by Crippen LogP contribution is 2.48. The van der Waals surface area contributed by atoms with Gasteiger partial charge in [0.05, 0.1) is 5.60 Å². The van der Waals surface area contributed by atoms with Gasteiger partial charge in [-0.3, -0.25) is 0 Å². The number of hydrogen-bond acceptors (Lipinski definition) is 3. The van der Waals surface area contributed by atoms with Crippen LogP contribution in [0, 0.1) is 12.3 Å². The Kier molecular flexibility index (Phi) is 6.07. The fourth-order valence-electron chi connectivity index (χ4n) is 3.87. The van der Waals surface area contributed by atoms with Crippen molar-refractivity contribution in [2.75, 3.05) is 0 Å². The predicted molar refractivity (Wildman–Crippen MR) is 121 cm³/mol. The predicted octanol–water partition coefficient (Wildman–Crippen LogP) is 7.26. The summed E-state index contributed by atoms with van der Waals surface area (Å²) in [7, 11) is 0. The monoisotopic (exact) mass is 412 g/mol. The van der Waals surface area contributed by atoms with Crippen LogP contribution in [-0.4, -0.2) is 16.7 Å². The summed E-state index contributed by atoms with van der Waals surface area (Å²) in [6.45, 7) is 12.3. The molecular formula is C25H32O3S. The fourth-order valence-corrected chi connectivity index (χ4v) is 5.10. The minimum absolute atomic E-state index is 0.287. The van der Waals surface area contributed by atoms with Gasteiger partial charge in [-0.1, -0.05) is 50.3 Å². The van der Waals surface area contributed by atoms with Gasteiger partial charge < -0.3 is 9.84 Å². The van der Waals surface area contributed by atoms with Crippen molar-refractivity contribution in [1.29, 1.82) is 0 Å². The first-order valence-electron chi connectivity index (χ1n) is 10.3. The van der Waals surface area contributed by atoms with Gasteiger partial charge >= 0.3 is 5.97 Å². The van der Waals surface area contributed by atoms with E-state index in [1.165, 1.54) is 5.57 Å². The molecule has 1 aromatic heterocycles. The minimum Gasteiger partial charge on any atom is -0.479 e. The summed E-state index contributed by atoms with van der Waals surface area (Å²) in [5.74, 6) is -0.932. The molecule has 0 amide bonds. The second kappa shape index (κ2) is 8.08. The number of aryl methyl sites for hydroxylation is 1. The third kappa shape index (κ3) is 4.99. The number of aliphatic carboxylic acids is 1. The Morgan fingerprint density at radius 1 is 1.21 bits per heavy atom. The quantitative estimate of drug-likeness (QED) is 0.562. The topological polar surface area (TPSA) is 46.5 Å². The maximum atomic E-state index is 12.3. The van der Waals surface area contributed by atoms with E-state index in [0.29, 0.717) is 0 Å². The number of allylic oxidation sites excluding steroid dienone is 2. The van der Waals surface area contributed by atoms with Crippen LogP contribution in [0.5, 0.6) is 0 Å². The van der Waals surface area contributed by atoms with Crippen LogP contribution in [-0.2, 0) is 9.53 Å². The van der Waals surface area contributed by atoms with Gasteiger partial charge in [0.25, 0.3) is 0 Å². The van der Waals surface area contributed by atoms with E-state index in [2.05, 4.69) is 32.1 Å². The van der Waals surface area contributed by atoms with Crippen molar-refractivity contribution in [2.24, 2.45) is 5.41 Å². The second-order valence-corrected chi connectivity index (χ2v) is 10.9. The normalized spacial score (nSPS) is 17.7. The Morgan fingerprint density at radius 2 is 1.86 bits per heavy atom. The molecular weight excluding hydrogens is 380 g/mol. The van der Waals surface area contributed by atoms with Crippen LogP contribution < -0.4 is 0 Å². The van der Waals surface area contributed by atoms with E-state index >= 15 is 0 Å². The van der Waals surface area contributed by atoms with Crippen molar-refractivity contribution in [3.63, 3.8) is 0 Å². The molecule has 3 rings (SSSR count). The van der Waals surface area contributed by atoms with Crippen LogP contribution >= 0.6 is 11.3 Å². The first-order chi connectivity index (χ1) is 13.5. The molecule has 2 aromatic rings. The van der Waals surface area contributed by atoms with E-state index in [-0.39, 0.29) is 5.41 Å². The highest BCUT2D eigenvalue weighted by Gasteiger charge is 2.35. The Balaban J connectivity index is 2.22. The van der Waals surface area contributed by atoms with Crippen molar-refractivity contribution >= 4 is 22.9 Å². The van der Waals surface area contributed by atoms with Crippen LogP contribution in [0.3, 0.4) is 0 Å².